The first-order chi connectivity index (χ1) is 5.49. The fraction of sp³-hybridized carbons (Fsp3) is 1.00. The van der Waals surface area contributed by atoms with Crippen LogP contribution in [0.2, 0.25) is 0 Å². The molecule has 0 amide bonds. The quantitative estimate of drug-likeness (QED) is 0.696. The normalized spacial score (nSPS) is 13.6. The maximum atomic E-state index is 9.23. The first-order valence-electron chi connectivity index (χ1n) is 4.53. The summed E-state index contributed by atoms with van der Waals surface area (Å²) in [4.78, 5) is 2.15. The Balaban J connectivity index is 0. The first kappa shape index (κ1) is 15.7. The summed E-state index contributed by atoms with van der Waals surface area (Å²) >= 11 is 0. The summed E-state index contributed by atoms with van der Waals surface area (Å²) < 4.78 is 0. The van der Waals surface area contributed by atoms with Gasteiger partial charge in [-0.25, -0.2) is 0 Å². The molecule has 0 rings (SSSR count). The average Bonchev–Trinajstić information content (AvgIpc) is 1.98. The van der Waals surface area contributed by atoms with E-state index in [0.29, 0.717) is 18.6 Å². The van der Waals surface area contributed by atoms with Crippen LogP contribution in [0.1, 0.15) is 27.7 Å². The minimum absolute atomic E-state index is 0. The lowest BCUT2D eigenvalue weighted by molar-refractivity contribution is 0.0375. The van der Waals surface area contributed by atoms with Crippen LogP contribution in [0, 0.1) is 0 Å². The number of nitrogens with zero attached hydrogens (tertiary/aromatic N) is 1. The van der Waals surface area contributed by atoms with Crippen LogP contribution in [0.3, 0.4) is 0 Å². The van der Waals surface area contributed by atoms with Gasteiger partial charge in [0.05, 0.1) is 12.7 Å². The zero-order valence-electron chi connectivity index (χ0n) is 8.99. The smallest absolute Gasteiger partial charge is 0.0897 e. The molecule has 0 saturated carbocycles. The summed E-state index contributed by atoms with van der Waals surface area (Å²) in [6.45, 7) is 8.74. The van der Waals surface area contributed by atoms with Gasteiger partial charge < -0.3 is 10.2 Å². The molecule has 0 aromatic heterocycles. The van der Waals surface area contributed by atoms with E-state index in [1.807, 2.05) is 0 Å². The van der Waals surface area contributed by atoms with Gasteiger partial charge in [0.15, 0.2) is 0 Å². The molecule has 0 aromatic rings. The van der Waals surface area contributed by atoms with Crippen molar-refractivity contribution < 1.29 is 10.2 Å². The Morgan fingerprint density at radius 2 is 1.46 bits per heavy atom. The standard InChI is InChI=1S/C9H21NO2.H2S/c1-7(2)10(8(3)4)5-9(12)6-11;/h7-9,11-12H,5-6H2,1-4H3;1H2/t9-;/m0./s1. The predicted octanol–water partition coefficient (Wildman–Crippen LogP) is 0.571. The van der Waals surface area contributed by atoms with Crippen LogP contribution in [0.5, 0.6) is 0 Å². The van der Waals surface area contributed by atoms with Gasteiger partial charge in [0.2, 0.25) is 0 Å². The second-order valence-corrected chi connectivity index (χ2v) is 3.72. The van der Waals surface area contributed by atoms with Crippen LogP contribution < -0.4 is 0 Å². The van der Waals surface area contributed by atoms with E-state index in [9.17, 15) is 5.11 Å². The van der Waals surface area contributed by atoms with E-state index in [1.54, 1.807) is 0 Å². The summed E-state index contributed by atoms with van der Waals surface area (Å²) in [7, 11) is 0. The molecule has 0 saturated heterocycles. The van der Waals surface area contributed by atoms with Gasteiger partial charge in [0.25, 0.3) is 0 Å². The van der Waals surface area contributed by atoms with E-state index in [1.165, 1.54) is 0 Å². The van der Waals surface area contributed by atoms with Crippen molar-refractivity contribution in [2.45, 2.75) is 45.9 Å². The van der Waals surface area contributed by atoms with Crippen molar-refractivity contribution in [3.63, 3.8) is 0 Å². The molecule has 2 N–H and O–H groups in total. The Kier molecular flexibility index (Phi) is 9.19. The van der Waals surface area contributed by atoms with Crippen molar-refractivity contribution in [2.24, 2.45) is 0 Å². The molecule has 1 atom stereocenters. The summed E-state index contributed by atoms with van der Waals surface area (Å²) in [5.74, 6) is 0. The highest BCUT2D eigenvalue weighted by atomic mass is 32.1. The van der Waals surface area contributed by atoms with Crippen LogP contribution in [0.4, 0.5) is 0 Å². The minimum atomic E-state index is -0.616. The van der Waals surface area contributed by atoms with Crippen molar-refractivity contribution in [1.29, 1.82) is 0 Å². The van der Waals surface area contributed by atoms with Crippen molar-refractivity contribution in [1.82, 2.24) is 4.90 Å². The molecule has 0 aliphatic carbocycles. The van der Waals surface area contributed by atoms with Gasteiger partial charge in [0, 0.05) is 18.6 Å². The summed E-state index contributed by atoms with van der Waals surface area (Å²) in [6.07, 6.45) is -0.616. The highest BCUT2D eigenvalue weighted by Gasteiger charge is 2.16. The first-order valence-corrected chi connectivity index (χ1v) is 4.53. The molecule has 0 aromatic carbocycles. The lowest BCUT2D eigenvalue weighted by Crippen LogP contribution is -2.43. The third-order valence-electron chi connectivity index (χ3n) is 1.96. The van der Waals surface area contributed by atoms with Crippen molar-refractivity contribution in [3.05, 3.63) is 0 Å². The maximum Gasteiger partial charge on any atom is 0.0897 e. The second-order valence-electron chi connectivity index (χ2n) is 3.72. The number of aliphatic hydroxyl groups excluding tert-OH is 2. The Morgan fingerprint density at radius 1 is 1.08 bits per heavy atom. The predicted molar refractivity (Wildman–Crippen MR) is 60.5 cm³/mol. The Bertz CT molecular complexity index is 112. The third kappa shape index (κ3) is 6.32. The zero-order valence-corrected chi connectivity index (χ0v) is 9.99. The summed E-state index contributed by atoms with van der Waals surface area (Å²) in [5, 5.41) is 17.9. The third-order valence-corrected chi connectivity index (χ3v) is 1.96. The molecule has 3 nitrogen and oxygen atoms in total. The highest BCUT2D eigenvalue weighted by Crippen LogP contribution is 2.05. The highest BCUT2D eigenvalue weighted by molar-refractivity contribution is 7.59. The maximum absolute atomic E-state index is 9.23. The van der Waals surface area contributed by atoms with Crippen LogP contribution in [-0.4, -0.2) is 46.5 Å². The molecule has 4 heteroatoms. The van der Waals surface area contributed by atoms with E-state index in [-0.39, 0.29) is 20.1 Å². The fourth-order valence-corrected chi connectivity index (χ4v) is 1.32. The molecule has 0 aliphatic rings. The lowest BCUT2D eigenvalue weighted by atomic mass is 10.2. The SMILES string of the molecule is CC(C)N(C[C@H](O)CO)C(C)C.S. The van der Waals surface area contributed by atoms with Gasteiger partial charge in [-0.2, -0.15) is 13.5 Å². The number of rotatable bonds is 5. The Labute approximate surface area is 88.2 Å². The topological polar surface area (TPSA) is 43.7 Å². The molecule has 0 radical (unpaired) electrons. The number of hydrogen-bond acceptors (Lipinski definition) is 3. The van der Waals surface area contributed by atoms with Crippen LogP contribution in [0.25, 0.3) is 0 Å². The van der Waals surface area contributed by atoms with Gasteiger partial charge >= 0.3 is 0 Å². The minimum Gasteiger partial charge on any atom is -0.394 e. The van der Waals surface area contributed by atoms with Crippen molar-refractivity contribution in [2.75, 3.05) is 13.2 Å². The molecule has 0 heterocycles. The number of hydrogen-bond donors (Lipinski definition) is 2. The van der Waals surface area contributed by atoms with Crippen LogP contribution in [-0.2, 0) is 0 Å². The van der Waals surface area contributed by atoms with E-state index in [4.69, 9.17) is 5.11 Å². The fourth-order valence-electron chi connectivity index (χ4n) is 1.32. The van der Waals surface area contributed by atoms with Gasteiger partial charge in [-0.1, -0.05) is 0 Å². The van der Waals surface area contributed by atoms with Gasteiger partial charge in [-0.15, -0.1) is 0 Å². The van der Waals surface area contributed by atoms with Crippen LogP contribution in [0.15, 0.2) is 0 Å². The summed E-state index contributed by atoms with van der Waals surface area (Å²) in [5.41, 5.74) is 0. The van der Waals surface area contributed by atoms with Crippen LogP contribution >= 0.6 is 13.5 Å². The van der Waals surface area contributed by atoms with Crippen molar-refractivity contribution >= 4 is 13.5 Å². The number of aliphatic hydroxyl groups is 2. The average molecular weight is 209 g/mol. The molecule has 0 unspecified atom stereocenters. The molecular weight excluding hydrogens is 186 g/mol. The molecule has 0 spiro atoms. The van der Waals surface area contributed by atoms with Gasteiger partial charge in [0.1, 0.15) is 0 Å². The second kappa shape index (κ2) is 7.62. The largest absolute Gasteiger partial charge is 0.394 e. The molecule has 0 fully saturated rings. The monoisotopic (exact) mass is 209 g/mol. The van der Waals surface area contributed by atoms with Gasteiger partial charge in [-0.05, 0) is 27.7 Å². The zero-order chi connectivity index (χ0) is 9.72. The summed E-state index contributed by atoms with van der Waals surface area (Å²) in [6, 6.07) is 0.817. The molecule has 13 heavy (non-hydrogen) atoms. The van der Waals surface area contributed by atoms with E-state index >= 15 is 0 Å². The lowest BCUT2D eigenvalue weighted by Gasteiger charge is -2.31. The van der Waals surface area contributed by atoms with E-state index in [0.717, 1.165) is 0 Å². The van der Waals surface area contributed by atoms with Crippen molar-refractivity contribution in [3.8, 4) is 0 Å². The Hall–Kier alpha value is 0.230. The Morgan fingerprint density at radius 3 is 1.69 bits per heavy atom. The molecule has 0 aliphatic heterocycles. The van der Waals surface area contributed by atoms with E-state index in [2.05, 4.69) is 32.6 Å². The molecule has 0 bridgehead atoms. The molecule has 82 valence electrons. The molecular formula is C9H23NO2S. The van der Waals surface area contributed by atoms with E-state index < -0.39 is 6.10 Å². The van der Waals surface area contributed by atoms with Gasteiger partial charge in [-0.3, -0.25) is 4.90 Å².